The fourth-order valence-corrected chi connectivity index (χ4v) is 3.15. The van der Waals surface area contributed by atoms with Gasteiger partial charge in [-0.3, -0.25) is 24.1 Å². The van der Waals surface area contributed by atoms with E-state index in [2.05, 4.69) is 0 Å². The number of nitrogens with zero attached hydrogens (tertiary/aromatic N) is 2. The fourth-order valence-electron chi connectivity index (χ4n) is 3.15. The molecule has 8 nitrogen and oxygen atoms in total. The zero-order valence-corrected chi connectivity index (χ0v) is 13.4. The molecular formula is C16H19N3O5. The number of carbonyl (C=O) groups is 4. The molecule has 2 aliphatic rings. The van der Waals surface area contributed by atoms with Crippen LogP contribution >= 0.6 is 0 Å². The van der Waals surface area contributed by atoms with E-state index in [0.29, 0.717) is 12.8 Å². The van der Waals surface area contributed by atoms with E-state index in [0.717, 1.165) is 17.7 Å². The SMILES string of the molecule is C/C(N)=C(\C#N)C(=O)COC(=O)CN1C(=O)C2CCCCC2C1=O. The van der Waals surface area contributed by atoms with Crippen molar-refractivity contribution in [3.8, 4) is 6.07 Å². The van der Waals surface area contributed by atoms with Crippen LogP contribution in [0.4, 0.5) is 0 Å². The van der Waals surface area contributed by atoms with Gasteiger partial charge in [0.2, 0.25) is 17.6 Å². The Hall–Kier alpha value is -2.69. The van der Waals surface area contributed by atoms with Gasteiger partial charge in [-0.2, -0.15) is 5.26 Å². The van der Waals surface area contributed by atoms with Gasteiger partial charge in [0, 0.05) is 5.70 Å². The highest BCUT2D eigenvalue weighted by Crippen LogP contribution is 2.37. The van der Waals surface area contributed by atoms with Crippen molar-refractivity contribution in [1.29, 1.82) is 5.26 Å². The Balaban J connectivity index is 1.92. The van der Waals surface area contributed by atoms with Gasteiger partial charge in [0.1, 0.15) is 18.2 Å². The van der Waals surface area contributed by atoms with Crippen LogP contribution in [0.25, 0.3) is 0 Å². The number of hydrogen-bond acceptors (Lipinski definition) is 7. The molecule has 0 radical (unpaired) electrons. The molecule has 2 fully saturated rings. The highest BCUT2D eigenvalue weighted by molar-refractivity contribution is 6.07. The van der Waals surface area contributed by atoms with Crippen molar-refractivity contribution in [2.75, 3.05) is 13.2 Å². The van der Waals surface area contributed by atoms with Crippen molar-refractivity contribution in [2.24, 2.45) is 17.6 Å². The highest BCUT2D eigenvalue weighted by atomic mass is 16.5. The average molecular weight is 333 g/mol. The standard InChI is InChI=1S/C16H19N3O5/c1-9(18)12(6-17)13(20)8-24-14(21)7-19-15(22)10-4-2-3-5-11(10)16(19)23/h10-11H,2-5,7-8,18H2,1H3/b12-9-. The maximum Gasteiger partial charge on any atom is 0.326 e. The molecule has 2 unspecified atom stereocenters. The molecule has 8 heteroatoms. The molecule has 0 aromatic heterocycles. The van der Waals surface area contributed by atoms with Crippen molar-refractivity contribution in [3.05, 3.63) is 11.3 Å². The number of imide groups is 1. The Morgan fingerprint density at radius 2 is 1.79 bits per heavy atom. The van der Waals surface area contributed by atoms with Gasteiger partial charge in [-0.05, 0) is 19.8 Å². The number of hydrogen-bond donors (Lipinski definition) is 1. The van der Waals surface area contributed by atoms with Gasteiger partial charge < -0.3 is 10.5 Å². The lowest BCUT2D eigenvalue weighted by molar-refractivity contribution is -0.154. The van der Waals surface area contributed by atoms with Gasteiger partial charge >= 0.3 is 5.97 Å². The van der Waals surface area contributed by atoms with E-state index in [4.69, 9.17) is 15.7 Å². The third kappa shape index (κ3) is 3.45. The first kappa shape index (κ1) is 17.7. The highest BCUT2D eigenvalue weighted by Gasteiger charge is 2.48. The van der Waals surface area contributed by atoms with Gasteiger partial charge in [0.25, 0.3) is 0 Å². The van der Waals surface area contributed by atoms with Gasteiger partial charge in [-0.25, -0.2) is 0 Å². The van der Waals surface area contributed by atoms with E-state index in [1.54, 1.807) is 6.07 Å². The first-order chi connectivity index (χ1) is 11.4. The zero-order valence-electron chi connectivity index (χ0n) is 13.4. The van der Waals surface area contributed by atoms with Gasteiger partial charge in [-0.15, -0.1) is 0 Å². The minimum absolute atomic E-state index is 0.0347. The van der Waals surface area contributed by atoms with Crippen LogP contribution in [-0.4, -0.2) is 41.6 Å². The number of carbonyl (C=O) groups excluding carboxylic acids is 4. The van der Waals surface area contributed by atoms with E-state index < -0.39 is 24.9 Å². The Kier molecular flexibility index (Phi) is 5.34. The van der Waals surface area contributed by atoms with Gasteiger partial charge in [0.05, 0.1) is 11.8 Å². The second kappa shape index (κ2) is 7.25. The molecule has 0 bridgehead atoms. The largest absolute Gasteiger partial charge is 0.456 e. The fraction of sp³-hybridized carbons (Fsp3) is 0.562. The first-order valence-corrected chi connectivity index (χ1v) is 7.77. The number of fused-ring (bicyclic) bond motifs is 1. The number of amides is 2. The molecule has 128 valence electrons. The number of allylic oxidation sites excluding steroid dienone is 1. The summed E-state index contributed by atoms with van der Waals surface area (Å²) in [7, 11) is 0. The number of Topliss-reactive ketones (excluding diaryl/α,β-unsaturated/α-hetero) is 1. The number of esters is 1. The monoisotopic (exact) mass is 333 g/mol. The summed E-state index contributed by atoms with van der Waals surface area (Å²) < 4.78 is 4.77. The number of nitriles is 1. The third-order valence-electron chi connectivity index (χ3n) is 4.37. The quantitative estimate of drug-likeness (QED) is 0.325. The molecule has 2 amide bonds. The number of nitrogens with two attached hydrogens (primary N) is 1. The molecule has 1 saturated carbocycles. The van der Waals surface area contributed by atoms with Crippen LogP contribution in [0.2, 0.25) is 0 Å². The van der Waals surface area contributed by atoms with Crippen molar-refractivity contribution in [2.45, 2.75) is 32.6 Å². The summed E-state index contributed by atoms with van der Waals surface area (Å²) in [5.41, 5.74) is 5.15. The average Bonchev–Trinajstić information content (AvgIpc) is 2.79. The number of ether oxygens (including phenoxy) is 1. The Morgan fingerprint density at radius 3 is 2.25 bits per heavy atom. The zero-order chi connectivity index (χ0) is 17.9. The van der Waals surface area contributed by atoms with Gasteiger partial charge in [0.15, 0.2) is 6.61 Å². The van der Waals surface area contributed by atoms with Crippen molar-refractivity contribution in [3.63, 3.8) is 0 Å². The van der Waals surface area contributed by atoms with E-state index in [1.165, 1.54) is 6.92 Å². The summed E-state index contributed by atoms with van der Waals surface area (Å²) in [6.45, 7) is 0.228. The molecule has 2 rings (SSSR count). The first-order valence-electron chi connectivity index (χ1n) is 7.77. The molecule has 1 aliphatic heterocycles. The predicted molar refractivity (Wildman–Crippen MR) is 80.6 cm³/mol. The maximum atomic E-state index is 12.2. The summed E-state index contributed by atoms with van der Waals surface area (Å²) in [4.78, 5) is 48.9. The van der Waals surface area contributed by atoms with Crippen LogP contribution in [0, 0.1) is 23.2 Å². The topological polar surface area (TPSA) is 131 Å². The van der Waals surface area contributed by atoms with E-state index in [1.807, 2.05) is 0 Å². The molecule has 1 heterocycles. The molecular weight excluding hydrogens is 314 g/mol. The number of rotatable bonds is 5. The van der Waals surface area contributed by atoms with Crippen LogP contribution in [0.3, 0.4) is 0 Å². The molecule has 1 saturated heterocycles. The summed E-state index contributed by atoms with van der Waals surface area (Å²) in [5, 5.41) is 8.80. The molecule has 24 heavy (non-hydrogen) atoms. The second-order valence-electron chi connectivity index (χ2n) is 6.01. The predicted octanol–water partition coefficient (Wildman–Crippen LogP) is 0.0302. The van der Waals surface area contributed by atoms with Crippen LogP contribution in [0.15, 0.2) is 11.3 Å². The summed E-state index contributed by atoms with van der Waals surface area (Å²) >= 11 is 0. The number of likely N-dealkylation sites (tertiary alicyclic amines) is 1. The minimum atomic E-state index is -0.865. The van der Waals surface area contributed by atoms with Gasteiger partial charge in [-0.1, -0.05) is 12.8 Å². The van der Waals surface area contributed by atoms with E-state index in [-0.39, 0.29) is 34.9 Å². The molecule has 0 aromatic rings. The Labute approximate surface area is 139 Å². The van der Waals surface area contributed by atoms with Crippen LogP contribution in [0.5, 0.6) is 0 Å². The van der Waals surface area contributed by atoms with E-state index >= 15 is 0 Å². The molecule has 2 atom stereocenters. The molecule has 1 aliphatic carbocycles. The summed E-state index contributed by atoms with van der Waals surface area (Å²) in [6, 6.07) is 1.64. The molecule has 0 aromatic carbocycles. The second-order valence-corrected chi connectivity index (χ2v) is 6.01. The smallest absolute Gasteiger partial charge is 0.326 e. The lowest BCUT2D eigenvalue weighted by Crippen LogP contribution is -2.37. The van der Waals surface area contributed by atoms with Crippen LogP contribution in [0.1, 0.15) is 32.6 Å². The Morgan fingerprint density at radius 1 is 1.25 bits per heavy atom. The van der Waals surface area contributed by atoms with Crippen molar-refractivity contribution < 1.29 is 23.9 Å². The molecule has 2 N–H and O–H groups in total. The van der Waals surface area contributed by atoms with Crippen LogP contribution in [-0.2, 0) is 23.9 Å². The summed E-state index contributed by atoms with van der Waals surface area (Å²) in [5.74, 6) is -2.96. The van der Waals surface area contributed by atoms with Crippen molar-refractivity contribution >= 4 is 23.6 Å². The Bertz CT molecular complexity index is 633. The lowest BCUT2D eigenvalue weighted by atomic mass is 9.81. The summed E-state index contributed by atoms with van der Waals surface area (Å²) in [6.07, 6.45) is 3.11. The van der Waals surface area contributed by atoms with E-state index in [9.17, 15) is 19.2 Å². The number of ketones is 1. The maximum absolute atomic E-state index is 12.2. The molecule has 0 spiro atoms. The van der Waals surface area contributed by atoms with Crippen LogP contribution < -0.4 is 5.73 Å². The normalized spacial score (nSPS) is 24.1. The lowest BCUT2D eigenvalue weighted by Gasteiger charge is -2.19. The minimum Gasteiger partial charge on any atom is -0.456 e. The van der Waals surface area contributed by atoms with Crippen molar-refractivity contribution in [1.82, 2.24) is 4.90 Å². The third-order valence-corrected chi connectivity index (χ3v) is 4.37.